The Hall–Kier alpha value is -2.77. The van der Waals surface area contributed by atoms with Crippen LogP contribution in [0.5, 0.6) is 0 Å². The molecule has 1 fully saturated rings. The van der Waals surface area contributed by atoms with Crippen molar-refractivity contribution in [1.29, 1.82) is 0 Å². The molecular weight excluding hydrogens is 399 g/mol. The third-order valence-corrected chi connectivity index (χ3v) is 6.14. The topological polar surface area (TPSA) is 49.3 Å². The molecule has 1 aliphatic heterocycles. The van der Waals surface area contributed by atoms with Crippen LogP contribution in [0.3, 0.4) is 0 Å². The monoisotopic (exact) mass is 422 g/mol. The maximum atomic E-state index is 13.1. The first-order chi connectivity index (χ1) is 14.7. The van der Waals surface area contributed by atoms with Gasteiger partial charge in [-0.1, -0.05) is 18.2 Å². The van der Waals surface area contributed by atoms with Gasteiger partial charge in [-0.15, -0.1) is 11.8 Å². The van der Waals surface area contributed by atoms with Gasteiger partial charge in [0.1, 0.15) is 10.8 Å². The summed E-state index contributed by atoms with van der Waals surface area (Å²) in [7, 11) is 0. The highest BCUT2D eigenvalue weighted by atomic mass is 32.2. The number of benzene rings is 1. The van der Waals surface area contributed by atoms with E-state index in [0.717, 1.165) is 30.9 Å². The van der Waals surface area contributed by atoms with Crippen LogP contribution in [0.15, 0.2) is 72.0 Å². The fraction of sp³-hybridized carbons (Fsp3) is 0.261. The molecule has 0 spiro atoms. The molecule has 3 heterocycles. The van der Waals surface area contributed by atoms with Gasteiger partial charge in [0.15, 0.2) is 0 Å². The normalized spacial score (nSPS) is 14.6. The first-order valence-electron chi connectivity index (χ1n) is 9.93. The molecule has 1 aromatic carbocycles. The molecule has 7 heteroatoms. The Labute approximate surface area is 180 Å². The molecule has 1 saturated heterocycles. The SMILES string of the molecule is O=C(c1cccnc1SCc1ccc(F)cc1)N1CCN(Cc2ccccn2)CC1. The zero-order valence-electron chi connectivity index (χ0n) is 16.6. The van der Waals surface area contributed by atoms with Crippen molar-refractivity contribution >= 4 is 17.7 Å². The van der Waals surface area contributed by atoms with Crippen molar-refractivity contribution in [1.82, 2.24) is 19.8 Å². The van der Waals surface area contributed by atoms with Crippen LogP contribution in [0, 0.1) is 5.82 Å². The lowest BCUT2D eigenvalue weighted by Crippen LogP contribution is -2.48. The van der Waals surface area contributed by atoms with E-state index in [1.165, 1.54) is 23.9 Å². The molecule has 3 aromatic rings. The van der Waals surface area contributed by atoms with Crippen LogP contribution >= 0.6 is 11.8 Å². The van der Waals surface area contributed by atoms with Crippen LogP contribution in [-0.4, -0.2) is 51.9 Å². The second kappa shape index (κ2) is 9.82. The quantitative estimate of drug-likeness (QED) is 0.565. The van der Waals surface area contributed by atoms with Crippen molar-refractivity contribution in [3.05, 3.63) is 89.6 Å². The molecule has 0 N–H and O–H groups in total. The first kappa shape index (κ1) is 20.5. The summed E-state index contributed by atoms with van der Waals surface area (Å²) in [6.45, 7) is 3.81. The van der Waals surface area contributed by atoms with E-state index < -0.39 is 0 Å². The molecular formula is C23H23FN4OS. The average molecular weight is 423 g/mol. The van der Waals surface area contributed by atoms with Crippen LogP contribution in [0.2, 0.25) is 0 Å². The second-order valence-electron chi connectivity index (χ2n) is 7.16. The van der Waals surface area contributed by atoms with Gasteiger partial charge >= 0.3 is 0 Å². The largest absolute Gasteiger partial charge is 0.336 e. The van der Waals surface area contributed by atoms with E-state index in [-0.39, 0.29) is 11.7 Å². The molecule has 30 heavy (non-hydrogen) atoms. The molecule has 1 amide bonds. The number of amides is 1. The summed E-state index contributed by atoms with van der Waals surface area (Å²) in [5, 5.41) is 0.711. The summed E-state index contributed by atoms with van der Waals surface area (Å²) >= 11 is 1.50. The Balaban J connectivity index is 1.36. The van der Waals surface area contributed by atoms with Crippen LogP contribution < -0.4 is 0 Å². The molecule has 154 valence electrons. The molecule has 4 rings (SSSR count). The number of carbonyl (C=O) groups is 1. The predicted octanol–water partition coefficient (Wildman–Crippen LogP) is 3.87. The maximum absolute atomic E-state index is 13.1. The van der Waals surface area contributed by atoms with E-state index in [1.807, 2.05) is 35.4 Å². The zero-order chi connectivity index (χ0) is 20.8. The zero-order valence-corrected chi connectivity index (χ0v) is 17.4. The van der Waals surface area contributed by atoms with E-state index in [4.69, 9.17) is 0 Å². The Bertz CT molecular complexity index is 976. The molecule has 0 bridgehead atoms. The molecule has 0 atom stereocenters. The summed E-state index contributed by atoms with van der Waals surface area (Å²) < 4.78 is 13.1. The summed E-state index contributed by atoms with van der Waals surface area (Å²) in [5.74, 6) is 0.400. The van der Waals surface area contributed by atoms with Crippen molar-refractivity contribution in [3.63, 3.8) is 0 Å². The molecule has 0 saturated carbocycles. The fourth-order valence-electron chi connectivity index (χ4n) is 3.40. The second-order valence-corrected chi connectivity index (χ2v) is 8.12. The van der Waals surface area contributed by atoms with Crippen LogP contribution in [0.1, 0.15) is 21.6 Å². The van der Waals surface area contributed by atoms with Gasteiger partial charge in [0, 0.05) is 50.9 Å². The third kappa shape index (κ3) is 5.23. The lowest BCUT2D eigenvalue weighted by atomic mass is 10.2. The number of thioether (sulfide) groups is 1. The van der Waals surface area contributed by atoms with Gasteiger partial charge in [-0.05, 0) is 42.0 Å². The van der Waals surface area contributed by atoms with Crippen molar-refractivity contribution in [2.75, 3.05) is 26.2 Å². The summed E-state index contributed by atoms with van der Waals surface area (Å²) in [5.41, 5.74) is 2.67. The first-order valence-corrected chi connectivity index (χ1v) is 10.9. The van der Waals surface area contributed by atoms with Gasteiger partial charge in [0.2, 0.25) is 0 Å². The Morgan fingerprint density at radius 2 is 1.70 bits per heavy atom. The number of halogens is 1. The van der Waals surface area contributed by atoms with Gasteiger partial charge in [-0.3, -0.25) is 14.7 Å². The number of hydrogen-bond donors (Lipinski definition) is 0. The standard InChI is InChI=1S/C23H23FN4OS/c24-19-8-6-18(7-9-19)17-30-22-21(5-3-11-26-22)23(29)28-14-12-27(13-15-28)16-20-4-1-2-10-25-20/h1-11H,12-17H2. The number of nitrogens with zero attached hydrogens (tertiary/aromatic N) is 4. The van der Waals surface area contributed by atoms with Crippen LogP contribution in [0.4, 0.5) is 4.39 Å². The smallest absolute Gasteiger partial charge is 0.256 e. The molecule has 0 radical (unpaired) electrons. The average Bonchev–Trinajstić information content (AvgIpc) is 2.80. The summed E-state index contributed by atoms with van der Waals surface area (Å²) in [4.78, 5) is 26.2. The van der Waals surface area contributed by atoms with Gasteiger partial charge in [-0.2, -0.15) is 0 Å². The van der Waals surface area contributed by atoms with Crippen LogP contribution in [-0.2, 0) is 12.3 Å². The number of carbonyl (C=O) groups excluding carboxylic acids is 1. The van der Waals surface area contributed by atoms with E-state index in [0.29, 0.717) is 29.4 Å². The van der Waals surface area contributed by atoms with Crippen molar-refractivity contribution in [2.45, 2.75) is 17.3 Å². The van der Waals surface area contributed by atoms with Gasteiger partial charge in [0.25, 0.3) is 5.91 Å². The molecule has 1 aliphatic rings. The Kier molecular flexibility index (Phi) is 6.71. The molecule has 0 unspecified atom stereocenters. The fourth-order valence-corrected chi connectivity index (χ4v) is 4.34. The Morgan fingerprint density at radius 1 is 0.933 bits per heavy atom. The number of piperazine rings is 1. The molecule has 5 nitrogen and oxygen atoms in total. The molecule has 0 aliphatic carbocycles. The minimum Gasteiger partial charge on any atom is -0.336 e. The Morgan fingerprint density at radius 3 is 2.43 bits per heavy atom. The summed E-state index contributed by atoms with van der Waals surface area (Å²) in [6.07, 6.45) is 3.51. The third-order valence-electron chi connectivity index (χ3n) is 5.06. The molecule has 2 aromatic heterocycles. The van der Waals surface area contributed by atoms with Crippen molar-refractivity contribution in [3.8, 4) is 0 Å². The number of rotatable bonds is 6. The summed E-state index contributed by atoms with van der Waals surface area (Å²) in [6, 6.07) is 16.0. The minimum absolute atomic E-state index is 0.0159. The van der Waals surface area contributed by atoms with Crippen LogP contribution in [0.25, 0.3) is 0 Å². The number of aromatic nitrogens is 2. The van der Waals surface area contributed by atoms with Gasteiger partial charge in [0.05, 0.1) is 11.3 Å². The van der Waals surface area contributed by atoms with E-state index in [9.17, 15) is 9.18 Å². The predicted molar refractivity (Wildman–Crippen MR) is 116 cm³/mol. The minimum atomic E-state index is -0.250. The highest BCUT2D eigenvalue weighted by molar-refractivity contribution is 7.98. The highest BCUT2D eigenvalue weighted by Gasteiger charge is 2.24. The van der Waals surface area contributed by atoms with Gasteiger partial charge in [-0.25, -0.2) is 9.37 Å². The number of pyridine rings is 2. The van der Waals surface area contributed by atoms with Crippen molar-refractivity contribution < 1.29 is 9.18 Å². The van der Waals surface area contributed by atoms with Gasteiger partial charge < -0.3 is 4.90 Å². The van der Waals surface area contributed by atoms with E-state index in [1.54, 1.807) is 24.4 Å². The van der Waals surface area contributed by atoms with E-state index >= 15 is 0 Å². The lowest BCUT2D eigenvalue weighted by Gasteiger charge is -2.34. The van der Waals surface area contributed by atoms with Crippen molar-refractivity contribution in [2.24, 2.45) is 0 Å². The maximum Gasteiger partial charge on any atom is 0.256 e. The number of hydrogen-bond acceptors (Lipinski definition) is 5. The lowest BCUT2D eigenvalue weighted by molar-refractivity contribution is 0.0623. The van der Waals surface area contributed by atoms with E-state index in [2.05, 4.69) is 14.9 Å². The highest BCUT2D eigenvalue weighted by Crippen LogP contribution is 2.25.